The van der Waals surface area contributed by atoms with Gasteiger partial charge in [0.25, 0.3) is 0 Å². The first kappa shape index (κ1) is 23.2. The van der Waals surface area contributed by atoms with Crippen molar-refractivity contribution >= 4 is 27.1 Å². The Balaban J connectivity index is 1.41. The van der Waals surface area contributed by atoms with Crippen LogP contribution in [0, 0.1) is 0 Å². The van der Waals surface area contributed by atoms with E-state index in [1.807, 2.05) is 12.4 Å². The summed E-state index contributed by atoms with van der Waals surface area (Å²) in [6.45, 7) is 3.03. The summed E-state index contributed by atoms with van der Waals surface area (Å²) in [5, 5.41) is 8.39. The monoisotopic (exact) mass is 500 g/mol. The molecule has 0 unspecified atom stereocenters. The number of hydrogen-bond donors (Lipinski definition) is 1. The van der Waals surface area contributed by atoms with E-state index in [1.165, 1.54) is 71.6 Å². The molecule has 0 atom stereocenters. The van der Waals surface area contributed by atoms with Crippen LogP contribution in [0.1, 0.15) is 12.5 Å². The van der Waals surface area contributed by atoms with Crippen molar-refractivity contribution < 1.29 is 0 Å². The maximum Gasteiger partial charge on any atom is 0.0334 e. The Morgan fingerprint density at radius 1 is 0.513 bits per heavy atom. The maximum atomic E-state index is 4.16. The fraction of sp³-hybridized carbons (Fsp3) is 0.0541. The van der Waals surface area contributed by atoms with E-state index in [1.54, 1.807) is 0 Å². The summed E-state index contributed by atoms with van der Waals surface area (Å²) in [4.78, 5) is 4.16. The Labute approximate surface area is 229 Å². The summed E-state index contributed by atoms with van der Waals surface area (Å²) >= 11 is 0. The van der Waals surface area contributed by atoms with Gasteiger partial charge in [-0.3, -0.25) is 4.98 Å². The molecule has 1 N–H and O–H groups in total. The molecule has 5 aromatic carbocycles. The molecule has 0 fully saturated rings. The van der Waals surface area contributed by atoms with Gasteiger partial charge in [-0.05, 0) is 90.7 Å². The third kappa shape index (κ3) is 4.11. The van der Waals surface area contributed by atoms with Crippen molar-refractivity contribution in [2.24, 2.45) is 0 Å². The Hall–Kier alpha value is -4.95. The predicted molar refractivity (Wildman–Crippen MR) is 165 cm³/mol. The second-order valence-corrected chi connectivity index (χ2v) is 10.1. The lowest BCUT2D eigenvalue weighted by molar-refractivity contribution is 0.960. The van der Waals surface area contributed by atoms with Crippen molar-refractivity contribution in [3.05, 3.63) is 145 Å². The lowest BCUT2D eigenvalue weighted by atomic mass is 9.85. The zero-order valence-electron chi connectivity index (χ0n) is 21.9. The molecule has 0 radical (unpaired) electrons. The van der Waals surface area contributed by atoms with E-state index >= 15 is 0 Å². The number of benzene rings is 5. The summed E-state index contributed by atoms with van der Waals surface area (Å²) < 4.78 is 0. The minimum atomic E-state index is 0.870. The van der Waals surface area contributed by atoms with Gasteiger partial charge in [-0.1, -0.05) is 103 Å². The highest BCUT2D eigenvalue weighted by Crippen LogP contribution is 2.44. The Kier molecular flexibility index (Phi) is 5.79. The number of dihydropyridines is 1. The largest absolute Gasteiger partial charge is 0.387 e. The highest BCUT2D eigenvalue weighted by molar-refractivity contribution is 6.21. The van der Waals surface area contributed by atoms with E-state index in [2.05, 4.69) is 139 Å². The number of hydrogen-bond acceptors (Lipinski definition) is 2. The molecule has 0 saturated carbocycles. The number of aromatic nitrogens is 1. The van der Waals surface area contributed by atoms with Crippen LogP contribution < -0.4 is 5.32 Å². The summed E-state index contributed by atoms with van der Waals surface area (Å²) in [6, 6.07) is 39.8. The van der Waals surface area contributed by atoms with Crippen molar-refractivity contribution in [1.82, 2.24) is 10.3 Å². The molecule has 186 valence electrons. The molecule has 2 heteroatoms. The summed E-state index contributed by atoms with van der Waals surface area (Å²) in [6.07, 6.45) is 8.06. The van der Waals surface area contributed by atoms with Gasteiger partial charge in [-0.25, -0.2) is 0 Å². The summed E-state index contributed by atoms with van der Waals surface area (Å²) in [5.41, 5.74) is 11.2. The lowest BCUT2D eigenvalue weighted by Gasteiger charge is -2.19. The smallest absolute Gasteiger partial charge is 0.0334 e. The molecule has 0 saturated heterocycles. The molecule has 0 bridgehead atoms. The van der Waals surface area contributed by atoms with Crippen molar-refractivity contribution in [2.45, 2.75) is 6.92 Å². The second-order valence-electron chi connectivity index (χ2n) is 10.1. The third-order valence-electron chi connectivity index (χ3n) is 7.77. The van der Waals surface area contributed by atoms with E-state index in [0.29, 0.717) is 0 Å². The minimum Gasteiger partial charge on any atom is -0.387 e. The van der Waals surface area contributed by atoms with Crippen molar-refractivity contribution in [3.63, 3.8) is 0 Å². The van der Waals surface area contributed by atoms with E-state index in [0.717, 1.165) is 6.54 Å². The van der Waals surface area contributed by atoms with Crippen LogP contribution in [0.2, 0.25) is 0 Å². The van der Waals surface area contributed by atoms with E-state index in [9.17, 15) is 0 Å². The average Bonchev–Trinajstić information content (AvgIpc) is 3.01. The molecule has 6 aromatic rings. The van der Waals surface area contributed by atoms with Gasteiger partial charge >= 0.3 is 0 Å². The van der Waals surface area contributed by atoms with Crippen LogP contribution in [0.15, 0.2) is 139 Å². The third-order valence-corrected chi connectivity index (χ3v) is 7.77. The van der Waals surface area contributed by atoms with Crippen LogP contribution in [0.3, 0.4) is 0 Å². The fourth-order valence-corrected chi connectivity index (χ4v) is 5.90. The highest BCUT2D eigenvalue weighted by Gasteiger charge is 2.17. The van der Waals surface area contributed by atoms with Crippen molar-refractivity contribution in [1.29, 1.82) is 0 Å². The zero-order chi connectivity index (χ0) is 26.2. The van der Waals surface area contributed by atoms with Crippen LogP contribution in [0.4, 0.5) is 0 Å². The fourth-order valence-electron chi connectivity index (χ4n) is 5.90. The van der Waals surface area contributed by atoms with Gasteiger partial charge in [0.1, 0.15) is 0 Å². The molecular formula is C37H28N2. The Morgan fingerprint density at radius 3 is 1.44 bits per heavy atom. The molecule has 2 nitrogen and oxygen atoms in total. The lowest BCUT2D eigenvalue weighted by Crippen LogP contribution is -2.11. The van der Waals surface area contributed by atoms with Gasteiger partial charge in [-0.2, -0.15) is 0 Å². The molecule has 0 aliphatic carbocycles. The average molecular weight is 501 g/mol. The zero-order valence-corrected chi connectivity index (χ0v) is 21.9. The highest BCUT2D eigenvalue weighted by atomic mass is 14.8. The van der Waals surface area contributed by atoms with Gasteiger partial charge in [-0.15, -0.1) is 0 Å². The van der Waals surface area contributed by atoms with Gasteiger partial charge in [0.2, 0.25) is 0 Å². The molecule has 0 amide bonds. The normalized spacial score (nSPS) is 13.2. The van der Waals surface area contributed by atoms with Gasteiger partial charge in [0.05, 0.1) is 0 Å². The topological polar surface area (TPSA) is 24.9 Å². The second kappa shape index (κ2) is 9.74. The predicted octanol–water partition coefficient (Wildman–Crippen LogP) is 9.28. The first-order valence-electron chi connectivity index (χ1n) is 13.4. The van der Waals surface area contributed by atoms with Gasteiger partial charge in [0, 0.05) is 25.1 Å². The number of fused-ring (bicyclic) bond motifs is 2. The summed E-state index contributed by atoms with van der Waals surface area (Å²) in [7, 11) is 0. The van der Waals surface area contributed by atoms with Crippen LogP contribution in [-0.2, 0) is 0 Å². The molecule has 1 aliphatic rings. The molecule has 39 heavy (non-hydrogen) atoms. The molecule has 7 rings (SSSR count). The van der Waals surface area contributed by atoms with Crippen LogP contribution in [-0.4, -0.2) is 11.5 Å². The number of rotatable bonds is 4. The molecule has 0 spiro atoms. The van der Waals surface area contributed by atoms with E-state index in [4.69, 9.17) is 0 Å². The number of nitrogens with one attached hydrogen (secondary N) is 1. The SMILES string of the molecule is CC1=CNCC=C1c1ccc(-c2c3ccccc3c(-c3ccc(-c4ccncc4)cc3)c3ccccc23)cc1. The first-order valence-corrected chi connectivity index (χ1v) is 13.4. The van der Waals surface area contributed by atoms with Crippen molar-refractivity contribution in [2.75, 3.05) is 6.54 Å². The van der Waals surface area contributed by atoms with Crippen LogP contribution in [0.5, 0.6) is 0 Å². The van der Waals surface area contributed by atoms with Gasteiger partial charge < -0.3 is 5.32 Å². The standard InChI is InChI=1S/C37H28N2/c1-25-24-39-23-20-31(25)28-12-16-30(17-13-28)37-34-8-4-2-6-32(34)36(33-7-3-5-9-35(33)37)29-14-10-26(11-15-29)27-18-21-38-22-19-27/h2-22,24,39H,23H2,1H3. The Morgan fingerprint density at radius 2 is 0.949 bits per heavy atom. The summed E-state index contributed by atoms with van der Waals surface area (Å²) in [5.74, 6) is 0. The number of allylic oxidation sites excluding steroid dienone is 2. The number of nitrogens with zero attached hydrogens (tertiary/aromatic N) is 1. The van der Waals surface area contributed by atoms with Crippen LogP contribution in [0.25, 0.3) is 60.5 Å². The van der Waals surface area contributed by atoms with E-state index in [-0.39, 0.29) is 0 Å². The molecule has 2 heterocycles. The van der Waals surface area contributed by atoms with Crippen LogP contribution >= 0.6 is 0 Å². The quantitative estimate of drug-likeness (QED) is 0.244. The van der Waals surface area contributed by atoms with Gasteiger partial charge in [0.15, 0.2) is 0 Å². The van der Waals surface area contributed by atoms with Crippen molar-refractivity contribution in [3.8, 4) is 33.4 Å². The molecule has 1 aromatic heterocycles. The molecule has 1 aliphatic heterocycles. The minimum absolute atomic E-state index is 0.870. The molecular weight excluding hydrogens is 472 g/mol. The maximum absolute atomic E-state index is 4.16. The Bertz CT molecular complexity index is 1820. The van der Waals surface area contributed by atoms with E-state index < -0.39 is 0 Å². The number of pyridine rings is 1. The first-order chi connectivity index (χ1) is 19.3.